The highest BCUT2D eigenvalue weighted by Gasteiger charge is 2.35. The van der Waals surface area contributed by atoms with Crippen LogP contribution in [0.5, 0.6) is 28.7 Å². The Kier molecular flexibility index (Phi) is 10.7. The summed E-state index contributed by atoms with van der Waals surface area (Å²) in [6, 6.07) is 5.73. The average Bonchev–Trinajstić information content (AvgIpc) is 3.61. The van der Waals surface area contributed by atoms with Crippen molar-refractivity contribution in [2.24, 2.45) is 4.99 Å². The van der Waals surface area contributed by atoms with E-state index in [-0.39, 0.29) is 23.3 Å². The molecule has 3 atom stereocenters. The summed E-state index contributed by atoms with van der Waals surface area (Å²) in [4.78, 5) is 34.3. The lowest BCUT2D eigenvalue weighted by atomic mass is 10.1. The number of rotatable bonds is 14. The van der Waals surface area contributed by atoms with Crippen molar-refractivity contribution in [3.05, 3.63) is 58.9 Å². The molecule has 3 aliphatic heterocycles. The molecule has 3 aliphatic rings. The molecule has 12 nitrogen and oxygen atoms in total. The number of carbonyl (C=O) groups excluding carboxylic acids is 2. The minimum absolute atomic E-state index is 0.0570. The minimum Gasteiger partial charge on any atom is -0.507 e. The van der Waals surface area contributed by atoms with Gasteiger partial charge in [0.1, 0.15) is 12.0 Å². The number of methoxy groups -OCH3 is 2. The molecular formula is C35H44N4O8. The van der Waals surface area contributed by atoms with Crippen LogP contribution in [0.1, 0.15) is 73.6 Å². The van der Waals surface area contributed by atoms with E-state index >= 15 is 0 Å². The van der Waals surface area contributed by atoms with E-state index in [2.05, 4.69) is 10.3 Å². The van der Waals surface area contributed by atoms with Crippen molar-refractivity contribution < 1.29 is 38.7 Å². The van der Waals surface area contributed by atoms with Crippen molar-refractivity contribution in [2.75, 3.05) is 34.0 Å². The van der Waals surface area contributed by atoms with Crippen LogP contribution in [0.2, 0.25) is 0 Å². The number of phenolic OH excluding ortho intramolecular Hbond substituents is 1. The molecule has 3 unspecified atom stereocenters. The number of carbonyl (C=O) groups is 2. The smallest absolute Gasteiger partial charge is 0.262 e. The molecule has 5 rings (SSSR count). The molecule has 0 fully saturated rings. The van der Waals surface area contributed by atoms with Crippen LogP contribution in [-0.4, -0.2) is 90.3 Å². The van der Waals surface area contributed by atoms with Gasteiger partial charge in [-0.2, -0.15) is 0 Å². The fraction of sp³-hybridized carbons (Fsp3) is 0.457. The van der Waals surface area contributed by atoms with Crippen LogP contribution in [0.25, 0.3) is 0 Å². The van der Waals surface area contributed by atoms with Crippen molar-refractivity contribution >= 4 is 23.7 Å². The number of aliphatic hydroxyl groups is 1. The third kappa shape index (κ3) is 7.39. The Morgan fingerprint density at radius 3 is 2.30 bits per heavy atom. The normalized spacial score (nSPS) is 19.1. The molecule has 0 bridgehead atoms. The summed E-state index contributed by atoms with van der Waals surface area (Å²) in [6.45, 7) is 7.12. The number of likely N-dealkylation sites (N-methyl/N-ethyl adjacent to an activating group) is 1. The highest BCUT2D eigenvalue weighted by atomic mass is 16.5. The first-order valence-corrected chi connectivity index (χ1v) is 16.0. The molecule has 2 amide bonds. The zero-order chi connectivity index (χ0) is 33.7. The Morgan fingerprint density at radius 2 is 1.62 bits per heavy atom. The summed E-state index contributed by atoms with van der Waals surface area (Å²) in [6.07, 6.45) is 8.03. The van der Waals surface area contributed by atoms with Gasteiger partial charge in [0.25, 0.3) is 11.8 Å². The fourth-order valence-corrected chi connectivity index (χ4v) is 6.06. The standard InChI is InChI=1S/C35H44N4O8/c1-6-36-33(41)27-13-22(3)20-39(27)35(43)25-15-30(45-5)32(17-28(25)40)47-11-9-7-8-10-46-31-16-26-24(14-29(31)44-4)34(42)38-19-21(2)12-23(38)18-37-26/h14-20,23,27,33,36,40-41H,6-13H2,1-5H3. The topological polar surface area (TPSA) is 142 Å². The maximum atomic E-state index is 13.4. The van der Waals surface area contributed by atoms with E-state index in [1.807, 2.05) is 33.2 Å². The van der Waals surface area contributed by atoms with Crippen LogP contribution < -0.4 is 24.3 Å². The summed E-state index contributed by atoms with van der Waals surface area (Å²) >= 11 is 0. The van der Waals surface area contributed by atoms with Gasteiger partial charge >= 0.3 is 0 Å². The van der Waals surface area contributed by atoms with Crippen LogP contribution in [-0.2, 0) is 0 Å². The number of aromatic hydroxyl groups is 1. The lowest BCUT2D eigenvalue weighted by Gasteiger charge is -2.28. The van der Waals surface area contributed by atoms with E-state index in [1.54, 1.807) is 30.3 Å². The van der Waals surface area contributed by atoms with Gasteiger partial charge in [0.05, 0.1) is 56.3 Å². The van der Waals surface area contributed by atoms with E-state index in [0.29, 0.717) is 66.8 Å². The first-order valence-electron chi connectivity index (χ1n) is 16.0. The average molecular weight is 649 g/mol. The zero-order valence-corrected chi connectivity index (χ0v) is 27.6. The molecule has 2 aromatic carbocycles. The number of aliphatic imine (C=N–C) groups is 1. The van der Waals surface area contributed by atoms with Crippen molar-refractivity contribution in [1.29, 1.82) is 0 Å². The Balaban J connectivity index is 1.13. The van der Waals surface area contributed by atoms with Crippen molar-refractivity contribution in [2.45, 2.75) is 71.2 Å². The summed E-state index contributed by atoms with van der Waals surface area (Å²) in [5.74, 6) is 0.862. The second kappa shape index (κ2) is 14.9. The first kappa shape index (κ1) is 33.8. The molecule has 47 heavy (non-hydrogen) atoms. The fourth-order valence-electron chi connectivity index (χ4n) is 6.06. The number of unbranched alkanes of at least 4 members (excludes halogenated alkanes) is 2. The van der Waals surface area contributed by atoms with E-state index in [1.165, 1.54) is 24.1 Å². The van der Waals surface area contributed by atoms with Crippen molar-refractivity contribution in [3.63, 3.8) is 0 Å². The number of nitrogens with zero attached hydrogens (tertiary/aromatic N) is 3. The highest BCUT2D eigenvalue weighted by Crippen LogP contribution is 2.39. The third-order valence-electron chi connectivity index (χ3n) is 8.46. The van der Waals surface area contributed by atoms with Gasteiger partial charge < -0.3 is 39.0 Å². The highest BCUT2D eigenvalue weighted by molar-refractivity contribution is 6.04. The molecular weight excluding hydrogens is 604 g/mol. The number of benzene rings is 2. The Labute approximate surface area is 275 Å². The van der Waals surface area contributed by atoms with Gasteiger partial charge in [0.15, 0.2) is 23.0 Å². The lowest BCUT2D eigenvalue weighted by molar-refractivity contribution is 0.0435. The second-order valence-corrected chi connectivity index (χ2v) is 12.0. The largest absolute Gasteiger partial charge is 0.507 e. The van der Waals surface area contributed by atoms with Gasteiger partial charge in [-0.25, -0.2) is 0 Å². The zero-order valence-electron chi connectivity index (χ0n) is 27.6. The molecule has 3 heterocycles. The van der Waals surface area contributed by atoms with Crippen LogP contribution in [0.4, 0.5) is 5.69 Å². The molecule has 252 valence electrons. The van der Waals surface area contributed by atoms with E-state index in [9.17, 15) is 19.8 Å². The molecule has 0 radical (unpaired) electrons. The maximum absolute atomic E-state index is 13.4. The van der Waals surface area contributed by atoms with Gasteiger partial charge in [-0.05, 0) is 58.6 Å². The maximum Gasteiger partial charge on any atom is 0.262 e. The molecule has 2 aromatic rings. The number of aliphatic hydroxyl groups excluding tert-OH is 1. The summed E-state index contributed by atoms with van der Waals surface area (Å²) in [5.41, 5.74) is 3.18. The molecule has 0 aromatic heterocycles. The number of phenols is 1. The lowest BCUT2D eigenvalue weighted by Crippen LogP contribution is -2.48. The second-order valence-electron chi connectivity index (χ2n) is 12.0. The number of nitrogens with one attached hydrogen (secondary N) is 1. The molecule has 0 saturated carbocycles. The summed E-state index contributed by atoms with van der Waals surface area (Å²) in [7, 11) is 3.02. The van der Waals surface area contributed by atoms with E-state index in [4.69, 9.17) is 18.9 Å². The number of fused-ring (bicyclic) bond motifs is 2. The number of hydrogen-bond acceptors (Lipinski definition) is 10. The predicted octanol–water partition coefficient (Wildman–Crippen LogP) is 4.92. The van der Waals surface area contributed by atoms with Gasteiger partial charge in [0, 0.05) is 36.8 Å². The minimum atomic E-state index is -0.903. The quantitative estimate of drug-likeness (QED) is 0.192. The van der Waals surface area contributed by atoms with Crippen molar-refractivity contribution in [3.8, 4) is 28.7 Å². The van der Waals surface area contributed by atoms with Crippen LogP contribution in [0, 0.1) is 0 Å². The molecule has 0 saturated heterocycles. The van der Waals surface area contributed by atoms with E-state index in [0.717, 1.165) is 30.4 Å². The Bertz CT molecular complexity index is 1590. The summed E-state index contributed by atoms with van der Waals surface area (Å²) < 4.78 is 23.0. The van der Waals surface area contributed by atoms with Crippen LogP contribution in [0.15, 0.2) is 52.8 Å². The molecule has 3 N–H and O–H groups in total. The van der Waals surface area contributed by atoms with Gasteiger partial charge in [-0.15, -0.1) is 0 Å². The number of amides is 2. The SMILES string of the molecule is CCNC(O)C1CC(C)=CN1C(=O)c1cc(OC)c(OCCCCCOc2cc3c(cc2OC)C(=O)N2C=C(C)CC2C=N3)cc1O. The van der Waals surface area contributed by atoms with Gasteiger partial charge in [-0.1, -0.05) is 18.1 Å². The Hall–Kier alpha value is -4.55. The monoisotopic (exact) mass is 648 g/mol. The van der Waals surface area contributed by atoms with Crippen LogP contribution >= 0.6 is 0 Å². The Morgan fingerprint density at radius 1 is 0.957 bits per heavy atom. The molecule has 0 aliphatic carbocycles. The third-order valence-corrected chi connectivity index (χ3v) is 8.46. The van der Waals surface area contributed by atoms with E-state index < -0.39 is 18.2 Å². The summed E-state index contributed by atoms with van der Waals surface area (Å²) in [5, 5.41) is 24.2. The molecule has 0 spiro atoms. The van der Waals surface area contributed by atoms with Crippen LogP contribution in [0.3, 0.4) is 0 Å². The van der Waals surface area contributed by atoms with Crippen molar-refractivity contribution in [1.82, 2.24) is 15.1 Å². The van der Waals surface area contributed by atoms with Gasteiger partial charge in [0.2, 0.25) is 0 Å². The molecule has 12 heteroatoms. The predicted molar refractivity (Wildman–Crippen MR) is 177 cm³/mol. The first-order chi connectivity index (χ1) is 22.6. The van der Waals surface area contributed by atoms with Gasteiger partial charge in [-0.3, -0.25) is 19.9 Å². The number of hydrogen-bond donors (Lipinski definition) is 3. The number of ether oxygens (including phenoxy) is 4.